The Kier molecular flexibility index (Phi) is 6.70. The Morgan fingerprint density at radius 2 is 1.59 bits per heavy atom. The molecule has 0 bridgehead atoms. The first kappa shape index (κ1) is 22.2. The van der Waals surface area contributed by atoms with E-state index in [9.17, 15) is 13.2 Å². The summed E-state index contributed by atoms with van der Waals surface area (Å²) in [6.45, 7) is 11.9. The van der Waals surface area contributed by atoms with E-state index in [0.29, 0.717) is 37.1 Å². The topological polar surface area (TPSA) is 70.9 Å². The maximum Gasteiger partial charge on any atom is 0.278 e. The van der Waals surface area contributed by atoms with E-state index in [-0.39, 0.29) is 11.9 Å². The third kappa shape index (κ3) is 4.52. The molecule has 0 radical (unpaired) electrons. The fourth-order valence-electron chi connectivity index (χ4n) is 4.73. The molecule has 1 aliphatic carbocycles. The summed E-state index contributed by atoms with van der Waals surface area (Å²) in [5.74, 6) is 0.101. The van der Waals surface area contributed by atoms with Gasteiger partial charge in [-0.2, -0.15) is 4.31 Å². The maximum absolute atomic E-state index is 13.4. The van der Waals surface area contributed by atoms with Crippen LogP contribution in [0.3, 0.4) is 0 Å². The lowest BCUT2D eigenvalue weighted by atomic mass is 10.0. The standard InChI is InChI=1S/C22H35N3O3S/c1-15-14-16(2)18(4)21(17(15)3)29(27,28)25-12-10-24(11-13-25)19(5)22(26)23-20-8-6-7-9-20/h14,19-20H,6-13H2,1-5H3,(H,23,26)/p+1/t19-/m1/s1. The van der Waals surface area contributed by atoms with Crippen LogP contribution in [-0.2, 0) is 14.8 Å². The number of carbonyl (C=O) groups excluding carboxylic acids is 1. The molecular formula is C22H36N3O3S+. The van der Waals surface area contributed by atoms with Crippen molar-refractivity contribution in [2.75, 3.05) is 26.2 Å². The zero-order chi connectivity index (χ0) is 21.3. The predicted octanol–water partition coefficient (Wildman–Crippen LogP) is 1.26. The number of quaternary nitrogens is 1. The SMILES string of the molecule is Cc1cc(C)c(C)c(S(=O)(=O)N2CC[NH+]([C@H](C)C(=O)NC3CCCC3)CC2)c1C. The fourth-order valence-corrected chi connectivity index (χ4v) is 6.74. The van der Waals surface area contributed by atoms with Crippen LogP contribution in [0.2, 0.25) is 0 Å². The van der Waals surface area contributed by atoms with Gasteiger partial charge >= 0.3 is 0 Å². The van der Waals surface area contributed by atoms with E-state index in [1.807, 2.05) is 34.6 Å². The minimum Gasteiger partial charge on any atom is -0.348 e. The van der Waals surface area contributed by atoms with E-state index in [2.05, 4.69) is 11.4 Å². The number of piperazine rings is 1. The Labute approximate surface area is 175 Å². The number of benzene rings is 1. The van der Waals surface area contributed by atoms with Crippen LogP contribution in [-0.4, -0.2) is 56.9 Å². The number of hydrogen-bond donors (Lipinski definition) is 2. The largest absolute Gasteiger partial charge is 0.348 e. The van der Waals surface area contributed by atoms with Crippen LogP contribution in [0.15, 0.2) is 11.0 Å². The van der Waals surface area contributed by atoms with E-state index >= 15 is 0 Å². The molecule has 2 N–H and O–H groups in total. The molecule has 29 heavy (non-hydrogen) atoms. The predicted molar refractivity (Wildman–Crippen MR) is 115 cm³/mol. The Morgan fingerprint density at radius 3 is 2.10 bits per heavy atom. The van der Waals surface area contributed by atoms with Crippen molar-refractivity contribution in [2.45, 2.75) is 77.3 Å². The number of carbonyl (C=O) groups is 1. The van der Waals surface area contributed by atoms with Gasteiger partial charge in [0.25, 0.3) is 5.91 Å². The van der Waals surface area contributed by atoms with Gasteiger partial charge < -0.3 is 10.2 Å². The van der Waals surface area contributed by atoms with Crippen LogP contribution in [0.25, 0.3) is 0 Å². The summed E-state index contributed by atoms with van der Waals surface area (Å²) in [5.41, 5.74) is 3.70. The molecule has 0 spiro atoms. The Balaban J connectivity index is 1.68. The zero-order valence-electron chi connectivity index (χ0n) is 18.5. The Morgan fingerprint density at radius 1 is 1.07 bits per heavy atom. The molecule has 7 heteroatoms. The second-order valence-electron chi connectivity index (χ2n) is 8.86. The highest BCUT2D eigenvalue weighted by molar-refractivity contribution is 7.89. The average Bonchev–Trinajstić information content (AvgIpc) is 3.19. The molecule has 1 saturated carbocycles. The summed E-state index contributed by atoms with van der Waals surface area (Å²) >= 11 is 0. The molecule has 2 aliphatic rings. The van der Waals surface area contributed by atoms with Crippen molar-refractivity contribution in [3.8, 4) is 0 Å². The van der Waals surface area contributed by atoms with Crippen LogP contribution >= 0.6 is 0 Å². The highest BCUT2D eigenvalue weighted by Crippen LogP contribution is 2.28. The van der Waals surface area contributed by atoms with E-state index in [1.54, 1.807) is 4.31 Å². The van der Waals surface area contributed by atoms with Crippen molar-refractivity contribution in [3.63, 3.8) is 0 Å². The van der Waals surface area contributed by atoms with E-state index in [0.717, 1.165) is 35.1 Å². The van der Waals surface area contributed by atoms with Crippen molar-refractivity contribution >= 4 is 15.9 Å². The monoisotopic (exact) mass is 422 g/mol. The summed E-state index contributed by atoms with van der Waals surface area (Å²) < 4.78 is 28.4. The van der Waals surface area contributed by atoms with Gasteiger partial charge in [-0.05, 0) is 69.7 Å². The molecule has 1 aliphatic heterocycles. The van der Waals surface area contributed by atoms with Crippen LogP contribution < -0.4 is 10.2 Å². The van der Waals surface area contributed by atoms with Crippen LogP contribution in [0.1, 0.15) is 54.9 Å². The summed E-state index contributed by atoms with van der Waals surface area (Å²) in [7, 11) is -3.54. The number of sulfonamides is 1. The molecule has 1 aromatic rings. The maximum atomic E-state index is 13.4. The average molecular weight is 423 g/mol. The second-order valence-corrected chi connectivity index (χ2v) is 10.7. The molecule has 0 aromatic heterocycles. The lowest BCUT2D eigenvalue weighted by Crippen LogP contribution is -3.19. The number of hydrogen-bond acceptors (Lipinski definition) is 3. The van der Waals surface area contributed by atoms with Crippen molar-refractivity contribution in [1.29, 1.82) is 0 Å². The van der Waals surface area contributed by atoms with E-state index < -0.39 is 10.0 Å². The van der Waals surface area contributed by atoms with Gasteiger partial charge in [-0.3, -0.25) is 4.79 Å². The van der Waals surface area contributed by atoms with Gasteiger partial charge in [0.15, 0.2) is 6.04 Å². The van der Waals surface area contributed by atoms with Crippen molar-refractivity contribution in [2.24, 2.45) is 0 Å². The molecule has 3 rings (SSSR count). The van der Waals surface area contributed by atoms with Crippen molar-refractivity contribution in [3.05, 3.63) is 28.3 Å². The van der Waals surface area contributed by atoms with Gasteiger partial charge in [0.05, 0.1) is 31.1 Å². The quantitative estimate of drug-likeness (QED) is 0.750. The summed E-state index contributed by atoms with van der Waals surface area (Å²) in [6, 6.07) is 2.22. The van der Waals surface area contributed by atoms with Gasteiger partial charge in [-0.15, -0.1) is 0 Å². The van der Waals surface area contributed by atoms with Gasteiger partial charge in [-0.1, -0.05) is 18.9 Å². The van der Waals surface area contributed by atoms with Crippen molar-refractivity contribution in [1.82, 2.24) is 9.62 Å². The first-order chi connectivity index (χ1) is 13.6. The van der Waals surface area contributed by atoms with Gasteiger partial charge in [0.1, 0.15) is 0 Å². The molecule has 6 nitrogen and oxygen atoms in total. The molecule has 2 fully saturated rings. The zero-order valence-corrected chi connectivity index (χ0v) is 19.3. The summed E-state index contributed by atoms with van der Waals surface area (Å²) in [5, 5.41) is 3.18. The van der Waals surface area contributed by atoms with Crippen LogP contribution in [0, 0.1) is 27.7 Å². The third-order valence-corrected chi connectivity index (χ3v) is 9.14. The smallest absolute Gasteiger partial charge is 0.278 e. The highest BCUT2D eigenvalue weighted by atomic mass is 32.2. The first-order valence-corrected chi connectivity index (χ1v) is 12.3. The molecule has 1 heterocycles. The number of rotatable bonds is 5. The Bertz CT molecular complexity index is 842. The molecule has 0 unspecified atom stereocenters. The lowest BCUT2D eigenvalue weighted by molar-refractivity contribution is -0.917. The van der Waals surface area contributed by atoms with Crippen LogP contribution in [0.5, 0.6) is 0 Å². The molecular weight excluding hydrogens is 386 g/mol. The van der Waals surface area contributed by atoms with Gasteiger partial charge in [-0.25, -0.2) is 8.42 Å². The number of nitrogens with one attached hydrogen (secondary N) is 2. The van der Waals surface area contributed by atoms with Gasteiger partial charge in [0.2, 0.25) is 10.0 Å². The number of nitrogens with zero attached hydrogens (tertiary/aromatic N) is 1. The van der Waals surface area contributed by atoms with Gasteiger partial charge in [0, 0.05) is 6.04 Å². The molecule has 1 atom stereocenters. The fraction of sp³-hybridized carbons (Fsp3) is 0.682. The highest BCUT2D eigenvalue weighted by Gasteiger charge is 2.36. The van der Waals surface area contributed by atoms with Crippen LogP contribution in [0.4, 0.5) is 0 Å². The van der Waals surface area contributed by atoms with E-state index in [1.165, 1.54) is 17.7 Å². The minimum atomic E-state index is -3.54. The first-order valence-electron chi connectivity index (χ1n) is 10.9. The second kappa shape index (κ2) is 8.74. The molecule has 162 valence electrons. The molecule has 1 aromatic carbocycles. The normalized spacial score (nSPS) is 20.7. The number of amides is 1. The third-order valence-electron chi connectivity index (χ3n) is 6.97. The molecule has 1 saturated heterocycles. The van der Waals surface area contributed by atoms with Crippen molar-refractivity contribution < 1.29 is 18.1 Å². The Hall–Kier alpha value is -1.44. The lowest BCUT2D eigenvalue weighted by Gasteiger charge is -2.35. The minimum absolute atomic E-state index is 0.101. The molecule has 1 amide bonds. The van der Waals surface area contributed by atoms with E-state index in [4.69, 9.17) is 0 Å². The summed E-state index contributed by atoms with van der Waals surface area (Å²) in [6.07, 6.45) is 4.54. The number of aryl methyl sites for hydroxylation is 2. The summed E-state index contributed by atoms with van der Waals surface area (Å²) in [4.78, 5) is 14.2.